The van der Waals surface area contributed by atoms with Crippen molar-refractivity contribution in [1.82, 2.24) is 15.0 Å². The third-order valence-electron chi connectivity index (χ3n) is 8.64. The molecule has 2 aromatic heterocycles. The SMILES string of the molecule is [B]c1c([B])c([B])c(-c2ccc(-c3nc(-c4ccccc4)nc(-c4ccc5oc6cccc(-c7ccccc7)c6c5c4)n3)cc2)c([B])c1[B]. The highest BCUT2D eigenvalue weighted by Gasteiger charge is 2.17. The van der Waals surface area contributed by atoms with E-state index in [1.165, 1.54) is 0 Å². The van der Waals surface area contributed by atoms with Crippen LogP contribution in [0.2, 0.25) is 0 Å². The van der Waals surface area contributed by atoms with Gasteiger partial charge < -0.3 is 4.42 Å². The summed E-state index contributed by atoms with van der Waals surface area (Å²) in [5, 5.41) is 2.02. The highest BCUT2D eigenvalue weighted by Crippen LogP contribution is 2.38. The van der Waals surface area contributed by atoms with E-state index in [9.17, 15) is 0 Å². The largest absolute Gasteiger partial charge is 0.456 e. The van der Waals surface area contributed by atoms with Crippen molar-refractivity contribution < 1.29 is 4.42 Å². The molecule has 10 radical (unpaired) electrons. The number of fused-ring (bicyclic) bond motifs is 3. The fourth-order valence-electron chi connectivity index (χ4n) is 6.12. The second-order valence-electron chi connectivity index (χ2n) is 11.6. The quantitative estimate of drug-likeness (QED) is 0.280. The molecule has 4 nitrogen and oxygen atoms in total. The van der Waals surface area contributed by atoms with Crippen LogP contribution >= 0.6 is 0 Å². The monoisotopic (exact) mass is 601 g/mol. The highest BCUT2D eigenvalue weighted by atomic mass is 16.3. The van der Waals surface area contributed by atoms with Crippen LogP contribution in [0, 0.1) is 0 Å². The number of rotatable bonds is 5. The van der Waals surface area contributed by atoms with Crippen LogP contribution < -0.4 is 27.3 Å². The van der Waals surface area contributed by atoms with E-state index in [0.29, 0.717) is 23.0 Å². The van der Waals surface area contributed by atoms with Crippen molar-refractivity contribution >= 4 is 88.5 Å². The molecule has 0 amide bonds. The van der Waals surface area contributed by atoms with E-state index in [2.05, 4.69) is 24.3 Å². The van der Waals surface area contributed by atoms with Crippen molar-refractivity contribution in [3.63, 3.8) is 0 Å². The molecule has 9 heteroatoms. The fourth-order valence-corrected chi connectivity index (χ4v) is 6.12. The molecule has 0 aliphatic heterocycles. The van der Waals surface area contributed by atoms with E-state index < -0.39 is 0 Å². The Bertz CT molecular complexity index is 2470. The van der Waals surface area contributed by atoms with Gasteiger partial charge in [-0.3, -0.25) is 0 Å². The summed E-state index contributed by atoms with van der Waals surface area (Å²) in [5.74, 6) is 1.59. The van der Waals surface area contributed by atoms with Gasteiger partial charge in [-0.25, -0.2) is 15.0 Å². The number of benzene rings is 6. The number of furan rings is 1. The van der Waals surface area contributed by atoms with E-state index in [4.69, 9.17) is 58.6 Å². The molecule has 6 aromatic carbocycles. The van der Waals surface area contributed by atoms with Crippen LogP contribution in [0.25, 0.3) is 78.4 Å². The number of nitrogens with zero attached hydrogens (tertiary/aromatic N) is 3. The molecule has 0 aliphatic rings. The first-order valence-corrected chi connectivity index (χ1v) is 15.3. The molecule has 0 saturated carbocycles. The van der Waals surface area contributed by atoms with E-state index in [0.717, 1.165) is 55.3 Å². The lowest BCUT2D eigenvalue weighted by molar-refractivity contribution is 0.669. The summed E-state index contributed by atoms with van der Waals surface area (Å²) in [6.45, 7) is 0. The van der Waals surface area contributed by atoms with Crippen LogP contribution in [0.3, 0.4) is 0 Å². The maximum absolute atomic E-state index is 6.33. The Kier molecular flexibility index (Phi) is 7.41. The lowest BCUT2D eigenvalue weighted by Gasteiger charge is -2.21. The molecule has 212 valence electrons. The molecule has 0 atom stereocenters. The van der Waals surface area contributed by atoms with Crippen LogP contribution in [-0.4, -0.2) is 54.2 Å². The zero-order chi connectivity index (χ0) is 32.9. The molecule has 48 heavy (non-hydrogen) atoms. The second kappa shape index (κ2) is 11.9. The van der Waals surface area contributed by atoms with Crippen LogP contribution in [0.4, 0.5) is 0 Å². The average Bonchev–Trinajstić information content (AvgIpc) is 3.52. The molecule has 0 saturated heterocycles. The maximum atomic E-state index is 6.33. The summed E-state index contributed by atoms with van der Waals surface area (Å²) in [6.07, 6.45) is 0. The van der Waals surface area contributed by atoms with Gasteiger partial charge in [-0.05, 0) is 46.5 Å². The first kappa shape index (κ1) is 29.8. The third kappa shape index (κ3) is 5.07. The van der Waals surface area contributed by atoms with Crippen molar-refractivity contribution in [2.45, 2.75) is 0 Å². The molecule has 0 unspecified atom stereocenters. The Morgan fingerprint density at radius 1 is 0.396 bits per heavy atom. The molecule has 8 rings (SSSR count). The van der Waals surface area contributed by atoms with Gasteiger partial charge in [0.05, 0.1) is 0 Å². The van der Waals surface area contributed by atoms with Crippen molar-refractivity contribution in [2.24, 2.45) is 0 Å². The Balaban J connectivity index is 1.28. The van der Waals surface area contributed by atoms with Crippen molar-refractivity contribution in [3.8, 4) is 56.4 Å². The molecule has 0 aliphatic carbocycles. The van der Waals surface area contributed by atoms with E-state index in [1.54, 1.807) is 0 Å². The maximum Gasteiger partial charge on any atom is 0.164 e. The Hall–Kier alpha value is -5.55. The smallest absolute Gasteiger partial charge is 0.164 e. The van der Waals surface area contributed by atoms with Gasteiger partial charge >= 0.3 is 0 Å². The molecule has 0 N–H and O–H groups in total. The zero-order valence-corrected chi connectivity index (χ0v) is 25.7. The average molecular weight is 601 g/mol. The highest BCUT2D eigenvalue weighted by molar-refractivity contribution is 6.68. The summed E-state index contributed by atoms with van der Waals surface area (Å²) < 4.78 is 6.28. The van der Waals surface area contributed by atoms with Crippen molar-refractivity contribution in [3.05, 3.63) is 121 Å². The Labute approximate surface area is 284 Å². The lowest BCUT2D eigenvalue weighted by Crippen LogP contribution is -2.55. The standard InChI is InChI=1S/C39H20B5N3O/c40-32-30(33(41)35(43)36(44)34(32)42)22-14-16-24(17-15-22)38-45-37(23-10-5-2-6-11-23)46-39(47-38)25-18-19-28-27(20-25)31-26(12-7-13-29(31)48-28)21-8-3-1-4-9-21/h1-20H. The minimum atomic E-state index is 0.175. The van der Waals surface area contributed by atoms with Crippen molar-refractivity contribution in [1.29, 1.82) is 0 Å². The normalized spacial score (nSPS) is 11.3. The summed E-state index contributed by atoms with van der Waals surface area (Å²) in [5.41, 5.74) is 8.68. The van der Waals surface area contributed by atoms with Gasteiger partial charge in [-0.1, -0.05) is 108 Å². The first-order valence-electron chi connectivity index (χ1n) is 15.3. The van der Waals surface area contributed by atoms with Crippen LogP contribution in [0.15, 0.2) is 126 Å². The Morgan fingerprint density at radius 2 is 0.896 bits per heavy atom. The third-order valence-corrected chi connectivity index (χ3v) is 8.64. The molecular weight excluding hydrogens is 581 g/mol. The second-order valence-corrected chi connectivity index (χ2v) is 11.6. The van der Waals surface area contributed by atoms with Crippen LogP contribution in [-0.2, 0) is 0 Å². The minimum absolute atomic E-state index is 0.175. The predicted molar refractivity (Wildman–Crippen MR) is 201 cm³/mol. The van der Waals surface area contributed by atoms with Crippen LogP contribution in [0.1, 0.15) is 0 Å². The molecular formula is C39H20B5N3O. The molecule has 0 spiro atoms. The summed E-state index contributed by atoms with van der Waals surface area (Å²) in [4.78, 5) is 14.8. The predicted octanol–water partition coefficient (Wildman–Crippen LogP) is 4.08. The molecule has 0 bridgehead atoms. The number of aromatic nitrogens is 3. The van der Waals surface area contributed by atoms with Gasteiger partial charge in [0.25, 0.3) is 0 Å². The zero-order valence-electron chi connectivity index (χ0n) is 25.7. The van der Waals surface area contributed by atoms with Gasteiger partial charge in [0.2, 0.25) is 0 Å². The van der Waals surface area contributed by atoms with Gasteiger partial charge in [-0.15, -0.1) is 16.4 Å². The van der Waals surface area contributed by atoms with E-state index in [-0.39, 0.29) is 27.3 Å². The van der Waals surface area contributed by atoms with Gasteiger partial charge in [0.1, 0.15) is 50.4 Å². The van der Waals surface area contributed by atoms with Gasteiger partial charge in [-0.2, -0.15) is 0 Å². The first-order chi connectivity index (χ1) is 23.4. The summed E-state index contributed by atoms with van der Waals surface area (Å²) >= 11 is 0. The Morgan fingerprint density at radius 3 is 1.52 bits per heavy atom. The molecule has 2 heterocycles. The molecule has 0 fully saturated rings. The minimum Gasteiger partial charge on any atom is -0.456 e. The van der Waals surface area contributed by atoms with E-state index in [1.807, 2.05) is 97.1 Å². The summed E-state index contributed by atoms with van der Waals surface area (Å²) in [7, 11) is 30.9. The lowest BCUT2D eigenvalue weighted by atomic mass is 9.59. The number of hydrogen-bond acceptors (Lipinski definition) is 4. The van der Waals surface area contributed by atoms with Crippen LogP contribution in [0.5, 0.6) is 0 Å². The van der Waals surface area contributed by atoms with Gasteiger partial charge in [0, 0.05) is 27.5 Å². The number of hydrogen-bond donors (Lipinski definition) is 0. The van der Waals surface area contributed by atoms with E-state index >= 15 is 0 Å². The fraction of sp³-hybridized carbons (Fsp3) is 0. The molecule has 8 aromatic rings. The van der Waals surface area contributed by atoms with Gasteiger partial charge in [0.15, 0.2) is 17.5 Å². The van der Waals surface area contributed by atoms with Crippen molar-refractivity contribution in [2.75, 3.05) is 0 Å². The summed E-state index contributed by atoms with van der Waals surface area (Å²) in [6, 6.07) is 39.9. The topological polar surface area (TPSA) is 51.8 Å².